The van der Waals surface area contributed by atoms with Gasteiger partial charge in [0.1, 0.15) is 6.10 Å². The van der Waals surface area contributed by atoms with Gasteiger partial charge in [-0.15, -0.1) is 0 Å². The zero-order valence-corrected chi connectivity index (χ0v) is 7.78. The molecule has 0 aliphatic heterocycles. The zero-order chi connectivity index (χ0) is 9.23. The normalized spacial score (nSPS) is 21.9. The maximum absolute atomic E-state index is 10.2. The third-order valence-electron chi connectivity index (χ3n) is 1.22. The second kappa shape index (κ2) is 3.46. The third kappa shape index (κ3) is 3.13. The first-order chi connectivity index (χ1) is 4.76. The average Bonchev–Trinajstić information content (AvgIpc) is 1.54. The molecule has 0 aromatic carbocycles. The van der Waals surface area contributed by atoms with E-state index in [1.165, 1.54) is 13.8 Å². The quantitative estimate of drug-likeness (QED) is 0.408. The number of rotatable bonds is 3. The van der Waals surface area contributed by atoms with Crippen molar-refractivity contribution < 1.29 is 15.1 Å². The minimum absolute atomic E-state index is 0.723. The minimum atomic E-state index is -1.68. The van der Waals surface area contributed by atoms with Gasteiger partial charge in [-0.3, -0.25) is 10.1 Å². The molecule has 0 unspecified atom stereocenters. The van der Waals surface area contributed by atoms with Crippen LogP contribution in [0.25, 0.3) is 0 Å². The predicted molar refractivity (Wildman–Crippen MR) is 42.0 cm³/mol. The topological polar surface area (TPSA) is 83.6 Å². The molecule has 2 N–H and O–H groups in total. The van der Waals surface area contributed by atoms with Gasteiger partial charge in [-0.2, -0.15) is 0 Å². The molecule has 0 spiro atoms. The Kier molecular flexibility index (Phi) is 3.40. The lowest BCUT2D eigenvalue weighted by Crippen LogP contribution is -2.46. The molecule has 11 heavy (non-hydrogen) atoms. The summed E-state index contributed by atoms with van der Waals surface area (Å²) in [5.74, 6) is 0. The predicted octanol–water partition coefficient (Wildman–Crippen LogP) is 0.116. The number of nitro groups is 1. The fourth-order valence-corrected chi connectivity index (χ4v) is 1.36. The molecule has 0 radical (unpaired) electrons. The summed E-state index contributed by atoms with van der Waals surface area (Å²) < 4.78 is -1.68. The first-order valence-corrected chi connectivity index (χ1v) is 3.79. The number of hydrogen-bond donors (Lipinski definition) is 2. The van der Waals surface area contributed by atoms with Crippen LogP contribution < -0.4 is 0 Å². The zero-order valence-electron chi connectivity index (χ0n) is 6.19. The van der Waals surface area contributed by atoms with Crippen molar-refractivity contribution in [1.29, 1.82) is 0 Å². The number of hydrogen-bond acceptors (Lipinski definition) is 4. The average molecular weight is 228 g/mol. The van der Waals surface area contributed by atoms with Crippen LogP contribution in [0.3, 0.4) is 0 Å². The van der Waals surface area contributed by atoms with Crippen LogP contribution in [0.1, 0.15) is 13.8 Å². The Balaban J connectivity index is 4.49. The number of nitrogens with zero attached hydrogens (tertiary/aromatic N) is 1. The van der Waals surface area contributed by atoms with E-state index in [-0.39, 0.29) is 0 Å². The SMILES string of the molecule is C[C@@H](O)[C@H]([N+](=O)[O-])[C@@](C)(O)Br. The van der Waals surface area contributed by atoms with E-state index >= 15 is 0 Å². The van der Waals surface area contributed by atoms with Crippen molar-refractivity contribution in [2.45, 2.75) is 30.5 Å². The highest BCUT2D eigenvalue weighted by molar-refractivity contribution is 9.10. The molecular formula is C5H10BrNO4. The van der Waals surface area contributed by atoms with Gasteiger partial charge < -0.3 is 10.2 Å². The summed E-state index contributed by atoms with van der Waals surface area (Å²) in [7, 11) is 0. The van der Waals surface area contributed by atoms with Crippen molar-refractivity contribution in [1.82, 2.24) is 0 Å². The van der Waals surface area contributed by atoms with E-state index < -0.39 is 21.6 Å². The molecule has 0 aromatic rings. The van der Waals surface area contributed by atoms with Crippen molar-refractivity contribution in [3.8, 4) is 0 Å². The number of alkyl halides is 1. The number of halogens is 1. The largest absolute Gasteiger partial charge is 0.386 e. The van der Waals surface area contributed by atoms with E-state index in [2.05, 4.69) is 15.9 Å². The van der Waals surface area contributed by atoms with E-state index in [0.29, 0.717) is 0 Å². The Morgan fingerprint density at radius 2 is 2.09 bits per heavy atom. The van der Waals surface area contributed by atoms with Crippen LogP contribution >= 0.6 is 15.9 Å². The van der Waals surface area contributed by atoms with E-state index in [9.17, 15) is 10.1 Å². The molecular weight excluding hydrogens is 218 g/mol. The summed E-state index contributed by atoms with van der Waals surface area (Å²) in [6.45, 7) is 2.47. The Morgan fingerprint density at radius 3 is 2.09 bits per heavy atom. The highest BCUT2D eigenvalue weighted by Gasteiger charge is 2.42. The molecule has 6 heteroatoms. The van der Waals surface area contributed by atoms with Crippen molar-refractivity contribution >= 4 is 15.9 Å². The number of aliphatic hydroxyl groups is 2. The van der Waals surface area contributed by atoms with Crippen molar-refractivity contribution in [3.63, 3.8) is 0 Å². The second-order valence-corrected chi connectivity index (χ2v) is 4.10. The van der Waals surface area contributed by atoms with E-state index in [1.807, 2.05) is 0 Å². The van der Waals surface area contributed by atoms with Gasteiger partial charge in [0, 0.05) is 4.92 Å². The third-order valence-corrected chi connectivity index (χ3v) is 1.69. The molecule has 0 saturated heterocycles. The molecule has 0 aliphatic carbocycles. The molecule has 0 bridgehead atoms. The van der Waals surface area contributed by atoms with Crippen LogP contribution in [-0.4, -0.2) is 31.8 Å². The van der Waals surface area contributed by atoms with Gasteiger partial charge in [-0.05, 0) is 29.8 Å². The summed E-state index contributed by atoms with van der Waals surface area (Å²) in [6, 6.07) is -1.41. The molecule has 0 aliphatic rings. The highest BCUT2D eigenvalue weighted by atomic mass is 79.9. The van der Waals surface area contributed by atoms with Crippen LogP contribution in [0, 0.1) is 10.1 Å². The first-order valence-electron chi connectivity index (χ1n) is 2.99. The first kappa shape index (κ1) is 10.8. The Hall–Kier alpha value is -0.200. The van der Waals surface area contributed by atoms with Gasteiger partial charge in [0.15, 0.2) is 4.51 Å². The molecule has 0 heterocycles. The van der Waals surface area contributed by atoms with Crippen LogP contribution in [0.2, 0.25) is 0 Å². The lowest BCUT2D eigenvalue weighted by Gasteiger charge is -2.21. The van der Waals surface area contributed by atoms with Crippen LogP contribution in [0.15, 0.2) is 0 Å². The lowest BCUT2D eigenvalue weighted by atomic mass is 10.1. The fourth-order valence-electron chi connectivity index (χ4n) is 0.809. The molecule has 66 valence electrons. The van der Waals surface area contributed by atoms with Crippen molar-refractivity contribution in [3.05, 3.63) is 10.1 Å². The monoisotopic (exact) mass is 227 g/mol. The Bertz CT molecular complexity index is 153. The van der Waals surface area contributed by atoms with Crippen molar-refractivity contribution in [2.24, 2.45) is 0 Å². The smallest absolute Gasteiger partial charge is 0.275 e. The summed E-state index contributed by atoms with van der Waals surface area (Å²) >= 11 is 2.70. The molecule has 0 aromatic heterocycles. The van der Waals surface area contributed by atoms with Gasteiger partial charge in [-0.25, -0.2) is 0 Å². The van der Waals surface area contributed by atoms with Gasteiger partial charge >= 0.3 is 0 Å². The maximum atomic E-state index is 10.2. The van der Waals surface area contributed by atoms with E-state index in [0.717, 1.165) is 0 Å². The summed E-state index contributed by atoms with van der Waals surface area (Å²) in [4.78, 5) is 9.52. The van der Waals surface area contributed by atoms with Crippen molar-refractivity contribution in [2.75, 3.05) is 0 Å². The minimum Gasteiger partial charge on any atom is -0.386 e. The molecule has 0 saturated carbocycles. The molecule has 0 rings (SSSR count). The highest BCUT2D eigenvalue weighted by Crippen LogP contribution is 2.22. The van der Waals surface area contributed by atoms with E-state index in [1.54, 1.807) is 0 Å². The number of aliphatic hydroxyl groups excluding tert-OH is 1. The van der Waals surface area contributed by atoms with Crippen LogP contribution in [-0.2, 0) is 0 Å². The van der Waals surface area contributed by atoms with E-state index in [4.69, 9.17) is 10.2 Å². The lowest BCUT2D eigenvalue weighted by molar-refractivity contribution is -0.547. The van der Waals surface area contributed by atoms with Gasteiger partial charge in [0.05, 0.1) is 0 Å². The summed E-state index contributed by atoms with van der Waals surface area (Å²) in [6.07, 6.45) is -1.20. The van der Waals surface area contributed by atoms with Crippen LogP contribution in [0.5, 0.6) is 0 Å². The van der Waals surface area contributed by atoms with Gasteiger partial charge in [0.2, 0.25) is 0 Å². The Morgan fingerprint density at radius 1 is 1.73 bits per heavy atom. The summed E-state index contributed by atoms with van der Waals surface area (Å²) in [5.41, 5.74) is 0. The molecule has 5 nitrogen and oxygen atoms in total. The molecule has 0 amide bonds. The summed E-state index contributed by atoms with van der Waals surface area (Å²) in [5, 5.41) is 28.3. The second-order valence-electron chi connectivity index (χ2n) is 2.49. The van der Waals surface area contributed by atoms with Crippen LogP contribution in [0.4, 0.5) is 0 Å². The standard InChI is InChI=1S/C5H10BrNO4/c1-3(8)4(7(10)11)5(2,6)9/h3-4,8-9H,1-2H3/t3-,4+,5-/m1/s1. The molecule has 3 atom stereocenters. The van der Waals surface area contributed by atoms with Gasteiger partial charge in [0.25, 0.3) is 6.04 Å². The molecule has 0 fully saturated rings. The van der Waals surface area contributed by atoms with Gasteiger partial charge in [-0.1, -0.05) is 0 Å². The fraction of sp³-hybridized carbons (Fsp3) is 1.00. The maximum Gasteiger partial charge on any atom is 0.275 e. The Labute approximate surface area is 72.3 Å².